The van der Waals surface area contributed by atoms with Gasteiger partial charge in [0.1, 0.15) is 0 Å². The molecular weight excluding hydrogens is 404 g/mol. The first kappa shape index (κ1) is 19.8. The van der Waals surface area contributed by atoms with Crippen molar-refractivity contribution < 1.29 is 14.3 Å². The first-order valence-electron chi connectivity index (χ1n) is 8.16. The summed E-state index contributed by atoms with van der Waals surface area (Å²) in [5.74, 6) is 1.66. The second-order valence-corrected chi connectivity index (χ2v) is 8.06. The van der Waals surface area contributed by atoms with Crippen molar-refractivity contribution in [3.8, 4) is 11.5 Å². The fourth-order valence-corrected chi connectivity index (χ4v) is 4.35. The number of aromatic nitrogens is 1. The molecule has 0 unspecified atom stereocenters. The lowest BCUT2D eigenvalue weighted by atomic mass is 10.2. The van der Waals surface area contributed by atoms with Crippen LogP contribution in [0.5, 0.6) is 11.5 Å². The van der Waals surface area contributed by atoms with E-state index in [0.29, 0.717) is 26.9 Å². The van der Waals surface area contributed by atoms with E-state index in [1.165, 1.54) is 18.4 Å². The molecule has 0 atom stereocenters. The van der Waals surface area contributed by atoms with Crippen molar-refractivity contribution in [2.45, 2.75) is 6.54 Å². The molecule has 0 aliphatic heterocycles. The molecule has 3 aromatic rings. The van der Waals surface area contributed by atoms with Crippen molar-refractivity contribution in [2.75, 3.05) is 26.2 Å². The van der Waals surface area contributed by atoms with E-state index in [9.17, 15) is 4.79 Å². The van der Waals surface area contributed by atoms with Crippen molar-refractivity contribution >= 4 is 50.8 Å². The molecule has 5 nitrogen and oxygen atoms in total. The van der Waals surface area contributed by atoms with Crippen molar-refractivity contribution in [3.05, 3.63) is 51.8 Å². The number of thioether (sulfide) groups is 1. The molecule has 3 rings (SSSR count). The highest BCUT2D eigenvalue weighted by Crippen LogP contribution is 2.28. The van der Waals surface area contributed by atoms with Gasteiger partial charge in [0.25, 0.3) is 5.91 Å². The summed E-state index contributed by atoms with van der Waals surface area (Å²) in [6.07, 6.45) is 2.05. The Hall–Kier alpha value is -1.96. The third-order valence-electron chi connectivity index (χ3n) is 3.99. The normalized spacial score (nSPS) is 11.8. The van der Waals surface area contributed by atoms with Gasteiger partial charge in [0.2, 0.25) is 0 Å². The molecule has 0 saturated carbocycles. The Bertz CT molecular complexity index is 1040. The molecule has 0 fully saturated rings. The Morgan fingerprint density at radius 3 is 2.67 bits per heavy atom. The third kappa shape index (κ3) is 4.31. The molecule has 0 radical (unpaired) electrons. The molecule has 0 saturated heterocycles. The monoisotopic (exact) mass is 422 g/mol. The summed E-state index contributed by atoms with van der Waals surface area (Å²) in [6.45, 7) is 0.765. The molecule has 0 bridgehead atoms. The first-order valence-corrected chi connectivity index (χ1v) is 10.7. The Kier molecular flexibility index (Phi) is 6.46. The number of thiazole rings is 1. The number of carbonyl (C=O) groups excluding carboxylic acids is 1. The van der Waals surface area contributed by atoms with Crippen LogP contribution in [0.2, 0.25) is 5.02 Å². The Labute approximate surface area is 170 Å². The molecule has 1 heterocycles. The summed E-state index contributed by atoms with van der Waals surface area (Å²) in [5.41, 5.74) is 1.47. The van der Waals surface area contributed by atoms with Crippen LogP contribution in [0.3, 0.4) is 0 Å². The van der Waals surface area contributed by atoms with E-state index < -0.39 is 0 Å². The largest absolute Gasteiger partial charge is 0.493 e. The highest BCUT2D eigenvalue weighted by molar-refractivity contribution is 7.98. The number of hydrogen-bond donors (Lipinski definition) is 0. The summed E-state index contributed by atoms with van der Waals surface area (Å²) in [4.78, 5) is 17.8. The minimum Gasteiger partial charge on any atom is -0.493 e. The summed E-state index contributed by atoms with van der Waals surface area (Å²) < 4.78 is 13.6. The maximum Gasteiger partial charge on any atom is 0.279 e. The van der Waals surface area contributed by atoms with Crippen molar-refractivity contribution in [1.29, 1.82) is 0 Å². The number of nitrogens with zero attached hydrogens (tertiary/aromatic N) is 2. The molecule has 1 aromatic heterocycles. The van der Waals surface area contributed by atoms with Gasteiger partial charge >= 0.3 is 0 Å². The van der Waals surface area contributed by atoms with Gasteiger partial charge in [-0.15, -0.1) is 0 Å². The van der Waals surface area contributed by atoms with Crippen molar-refractivity contribution in [1.82, 2.24) is 4.57 Å². The smallest absolute Gasteiger partial charge is 0.279 e. The summed E-state index contributed by atoms with van der Waals surface area (Å²) >= 11 is 9.32. The fraction of sp³-hybridized carbons (Fsp3) is 0.263. The second-order valence-electron chi connectivity index (χ2n) is 5.63. The zero-order valence-electron chi connectivity index (χ0n) is 15.2. The lowest BCUT2D eigenvalue weighted by Crippen LogP contribution is -2.18. The molecule has 0 spiro atoms. The first-order chi connectivity index (χ1) is 13.1. The molecule has 142 valence electrons. The highest BCUT2D eigenvalue weighted by Gasteiger charge is 2.12. The molecule has 2 aromatic carbocycles. The average Bonchev–Trinajstić information content (AvgIpc) is 3.01. The summed E-state index contributed by atoms with van der Waals surface area (Å²) in [5, 5.41) is 0.665. The van der Waals surface area contributed by atoms with Gasteiger partial charge in [-0.3, -0.25) is 4.79 Å². The minimum atomic E-state index is -0.327. The number of halogens is 1. The Balaban J connectivity index is 2.07. The predicted octanol–water partition coefficient (Wildman–Crippen LogP) is 4.48. The van der Waals surface area contributed by atoms with Gasteiger partial charge in [0, 0.05) is 22.9 Å². The predicted molar refractivity (Wildman–Crippen MR) is 113 cm³/mol. The zero-order chi connectivity index (χ0) is 19.4. The van der Waals surface area contributed by atoms with Crippen LogP contribution in [0.4, 0.5) is 0 Å². The van der Waals surface area contributed by atoms with Gasteiger partial charge < -0.3 is 14.0 Å². The van der Waals surface area contributed by atoms with Crippen LogP contribution in [-0.2, 0) is 6.54 Å². The van der Waals surface area contributed by atoms with Crippen LogP contribution in [0.15, 0.2) is 41.4 Å². The average molecular weight is 423 g/mol. The molecule has 0 N–H and O–H groups in total. The van der Waals surface area contributed by atoms with Crippen LogP contribution in [0.1, 0.15) is 10.4 Å². The molecular formula is C19H19ClN2O3S2. The minimum absolute atomic E-state index is 0.327. The number of hydrogen-bond acceptors (Lipinski definition) is 5. The fourth-order valence-electron chi connectivity index (χ4n) is 2.65. The van der Waals surface area contributed by atoms with E-state index in [1.54, 1.807) is 37.1 Å². The van der Waals surface area contributed by atoms with E-state index in [-0.39, 0.29) is 5.91 Å². The number of methoxy groups -OCH3 is 2. The van der Waals surface area contributed by atoms with Crippen LogP contribution in [0.25, 0.3) is 10.2 Å². The highest BCUT2D eigenvalue weighted by atomic mass is 35.5. The maximum atomic E-state index is 12.8. The van der Waals surface area contributed by atoms with Gasteiger partial charge in [0.05, 0.1) is 24.4 Å². The molecule has 0 aliphatic carbocycles. The number of benzene rings is 2. The standard InChI is InChI=1S/C19H19ClN2O3S2/c1-24-15-7-4-12(10-16(15)25-2)18(23)21-19-22(8-9-26-3)14-6-5-13(20)11-17(14)27-19/h4-7,10-11H,8-9H2,1-3H3. The lowest BCUT2D eigenvalue weighted by Gasteiger charge is -2.08. The van der Waals surface area contributed by atoms with Gasteiger partial charge in [-0.2, -0.15) is 16.8 Å². The summed E-state index contributed by atoms with van der Waals surface area (Å²) in [7, 11) is 3.09. The van der Waals surface area contributed by atoms with Crippen LogP contribution < -0.4 is 14.3 Å². The van der Waals surface area contributed by atoms with Crippen molar-refractivity contribution in [3.63, 3.8) is 0 Å². The molecule has 0 aliphatic rings. The second kappa shape index (κ2) is 8.82. The van der Waals surface area contributed by atoms with Gasteiger partial charge in [0.15, 0.2) is 16.3 Å². The maximum absolute atomic E-state index is 12.8. The van der Waals surface area contributed by atoms with E-state index in [4.69, 9.17) is 21.1 Å². The van der Waals surface area contributed by atoms with Crippen molar-refractivity contribution in [2.24, 2.45) is 4.99 Å². The third-order valence-corrected chi connectivity index (χ3v) is 5.86. The van der Waals surface area contributed by atoms with Crippen LogP contribution in [-0.4, -0.2) is 36.7 Å². The van der Waals surface area contributed by atoms with Gasteiger partial charge in [-0.1, -0.05) is 22.9 Å². The lowest BCUT2D eigenvalue weighted by molar-refractivity contribution is 0.0997. The quantitative estimate of drug-likeness (QED) is 0.587. The van der Waals surface area contributed by atoms with E-state index >= 15 is 0 Å². The zero-order valence-corrected chi connectivity index (χ0v) is 17.6. The molecule has 27 heavy (non-hydrogen) atoms. The van der Waals surface area contributed by atoms with Crippen LogP contribution in [0, 0.1) is 0 Å². The number of fused-ring (bicyclic) bond motifs is 1. The molecule has 8 heteroatoms. The number of ether oxygens (including phenoxy) is 2. The van der Waals surface area contributed by atoms with Gasteiger partial charge in [-0.05, 0) is 42.7 Å². The Morgan fingerprint density at radius 1 is 1.19 bits per heavy atom. The number of aryl methyl sites for hydroxylation is 1. The topological polar surface area (TPSA) is 52.8 Å². The SMILES string of the molecule is COc1ccc(C(=O)N=c2sc3cc(Cl)ccc3n2CCSC)cc1OC. The Morgan fingerprint density at radius 2 is 1.96 bits per heavy atom. The summed E-state index contributed by atoms with van der Waals surface area (Å²) in [6, 6.07) is 10.7. The van der Waals surface area contributed by atoms with Crippen LogP contribution >= 0.6 is 34.7 Å². The van der Waals surface area contributed by atoms with Gasteiger partial charge in [-0.25, -0.2) is 0 Å². The molecule has 1 amide bonds. The number of carbonyl (C=O) groups is 1. The van der Waals surface area contributed by atoms with E-state index in [0.717, 1.165) is 22.5 Å². The number of rotatable bonds is 6. The van der Waals surface area contributed by atoms with E-state index in [1.807, 2.05) is 18.2 Å². The number of amides is 1. The van der Waals surface area contributed by atoms with E-state index in [2.05, 4.69) is 15.8 Å².